The Hall–Kier alpha value is -0.540. The van der Waals surface area contributed by atoms with Crippen LogP contribution >= 0.6 is 15.9 Å². The summed E-state index contributed by atoms with van der Waals surface area (Å²) in [5.74, 6) is 0. The third kappa shape index (κ3) is 2.52. The molecule has 0 spiro atoms. The van der Waals surface area contributed by atoms with Gasteiger partial charge in [-0.3, -0.25) is 0 Å². The summed E-state index contributed by atoms with van der Waals surface area (Å²) in [5.41, 5.74) is 1.33. The fourth-order valence-corrected chi connectivity index (χ4v) is 2.55. The zero-order chi connectivity index (χ0) is 10.7. The van der Waals surface area contributed by atoms with Gasteiger partial charge in [0.05, 0.1) is 5.69 Å². The topological polar surface area (TPSA) is 6.48 Å². The van der Waals surface area contributed by atoms with Gasteiger partial charge in [0.25, 0.3) is 0 Å². The zero-order valence-corrected chi connectivity index (χ0v) is 10.7. The SMILES string of the molecule is CCN1CCN(c2ccccc2Br)CC1. The van der Waals surface area contributed by atoms with E-state index in [9.17, 15) is 0 Å². The lowest BCUT2D eigenvalue weighted by molar-refractivity contribution is 0.271. The monoisotopic (exact) mass is 268 g/mol. The molecule has 0 bridgehead atoms. The van der Waals surface area contributed by atoms with Crippen LogP contribution in [0.15, 0.2) is 28.7 Å². The molecule has 1 heterocycles. The molecular formula is C12H17BrN2. The average Bonchev–Trinajstić information content (AvgIpc) is 2.30. The van der Waals surface area contributed by atoms with E-state index in [1.807, 2.05) is 0 Å². The molecule has 2 rings (SSSR count). The van der Waals surface area contributed by atoms with Crippen LogP contribution in [0.1, 0.15) is 6.92 Å². The zero-order valence-electron chi connectivity index (χ0n) is 9.12. The van der Waals surface area contributed by atoms with Gasteiger partial charge in [0, 0.05) is 30.7 Å². The smallest absolute Gasteiger partial charge is 0.0511 e. The minimum atomic E-state index is 1.14. The Morgan fingerprint density at radius 1 is 1.13 bits per heavy atom. The van der Waals surface area contributed by atoms with Crippen LogP contribution in [0.2, 0.25) is 0 Å². The Morgan fingerprint density at radius 2 is 1.80 bits per heavy atom. The van der Waals surface area contributed by atoms with Crippen molar-refractivity contribution in [3.05, 3.63) is 28.7 Å². The molecule has 2 nitrogen and oxygen atoms in total. The number of hydrogen-bond donors (Lipinski definition) is 0. The van der Waals surface area contributed by atoms with Crippen molar-refractivity contribution in [1.29, 1.82) is 0 Å². The minimum absolute atomic E-state index is 1.14. The normalized spacial score (nSPS) is 18.1. The van der Waals surface area contributed by atoms with Crippen molar-refractivity contribution in [2.75, 3.05) is 37.6 Å². The second-order valence-corrected chi connectivity index (χ2v) is 4.73. The molecule has 0 N–H and O–H groups in total. The van der Waals surface area contributed by atoms with Gasteiger partial charge in [0.1, 0.15) is 0 Å². The number of hydrogen-bond acceptors (Lipinski definition) is 2. The van der Waals surface area contributed by atoms with Crippen LogP contribution in [-0.2, 0) is 0 Å². The lowest BCUT2D eigenvalue weighted by Gasteiger charge is -2.35. The molecular weight excluding hydrogens is 252 g/mol. The van der Waals surface area contributed by atoms with Gasteiger partial charge in [-0.15, -0.1) is 0 Å². The molecule has 0 saturated carbocycles. The van der Waals surface area contributed by atoms with Crippen molar-refractivity contribution in [2.24, 2.45) is 0 Å². The van der Waals surface area contributed by atoms with Crippen molar-refractivity contribution in [2.45, 2.75) is 6.92 Å². The van der Waals surface area contributed by atoms with Crippen molar-refractivity contribution < 1.29 is 0 Å². The second-order valence-electron chi connectivity index (χ2n) is 3.87. The van der Waals surface area contributed by atoms with Gasteiger partial charge < -0.3 is 9.80 Å². The van der Waals surface area contributed by atoms with Crippen LogP contribution in [0.3, 0.4) is 0 Å². The fraction of sp³-hybridized carbons (Fsp3) is 0.500. The van der Waals surface area contributed by atoms with E-state index >= 15 is 0 Å². The first kappa shape index (κ1) is 11.0. The second kappa shape index (κ2) is 4.99. The fourth-order valence-electron chi connectivity index (χ4n) is 2.01. The Balaban J connectivity index is 2.04. The van der Waals surface area contributed by atoms with Gasteiger partial charge in [0.15, 0.2) is 0 Å². The van der Waals surface area contributed by atoms with E-state index in [1.165, 1.54) is 29.8 Å². The van der Waals surface area contributed by atoms with E-state index in [2.05, 4.69) is 56.9 Å². The number of nitrogens with zero attached hydrogens (tertiary/aromatic N) is 2. The number of piperazine rings is 1. The van der Waals surface area contributed by atoms with Gasteiger partial charge >= 0.3 is 0 Å². The van der Waals surface area contributed by atoms with Crippen LogP contribution in [0.4, 0.5) is 5.69 Å². The molecule has 0 amide bonds. The van der Waals surface area contributed by atoms with Crippen molar-refractivity contribution in [3.63, 3.8) is 0 Å². The summed E-state index contributed by atoms with van der Waals surface area (Å²) in [6.45, 7) is 8.03. The Labute approximate surface area is 100 Å². The molecule has 0 radical (unpaired) electrons. The maximum atomic E-state index is 3.61. The standard InChI is InChI=1S/C12H17BrN2/c1-2-14-7-9-15(10-8-14)12-6-4-3-5-11(12)13/h3-6H,2,7-10H2,1H3. The maximum Gasteiger partial charge on any atom is 0.0511 e. The van der Waals surface area contributed by atoms with E-state index in [0.29, 0.717) is 0 Å². The average molecular weight is 269 g/mol. The van der Waals surface area contributed by atoms with Crippen LogP contribution in [0.5, 0.6) is 0 Å². The molecule has 1 aromatic rings. The van der Waals surface area contributed by atoms with Crippen LogP contribution < -0.4 is 4.90 Å². The Morgan fingerprint density at radius 3 is 2.40 bits per heavy atom. The molecule has 1 aliphatic heterocycles. The van der Waals surface area contributed by atoms with Crippen LogP contribution in [0.25, 0.3) is 0 Å². The maximum absolute atomic E-state index is 3.61. The van der Waals surface area contributed by atoms with Crippen LogP contribution in [0, 0.1) is 0 Å². The molecule has 0 atom stereocenters. The van der Waals surface area contributed by atoms with Gasteiger partial charge in [-0.25, -0.2) is 0 Å². The first-order chi connectivity index (χ1) is 7.31. The molecule has 3 heteroatoms. The summed E-state index contributed by atoms with van der Waals surface area (Å²) < 4.78 is 1.20. The van der Waals surface area contributed by atoms with E-state index in [-0.39, 0.29) is 0 Å². The molecule has 1 aliphatic rings. The molecule has 0 aliphatic carbocycles. The van der Waals surface area contributed by atoms with E-state index in [4.69, 9.17) is 0 Å². The molecule has 1 saturated heterocycles. The van der Waals surface area contributed by atoms with Gasteiger partial charge in [-0.05, 0) is 34.6 Å². The predicted octanol–water partition coefficient (Wildman–Crippen LogP) is 2.59. The first-order valence-corrected chi connectivity index (χ1v) is 6.32. The predicted molar refractivity (Wildman–Crippen MR) is 68.5 cm³/mol. The van der Waals surface area contributed by atoms with Gasteiger partial charge in [0.2, 0.25) is 0 Å². The number of likely N-dealkylation sites (N-methyl/N-ethyl adjacent to an activating group) is 1. The highest BCUT2D eigenvalue weighted by molar-refractivity contribution is 9.10. The van der Waals surface area contributed by atoms with Crippen LogP contribution in [-0.4, -0.2) is 37.6 Å². The lowest BCUT2D eigenvalue weighted by atomic mass is 10.2. The van der Waals surface area contributed by atoms with Crippen molar-refractivity contribution in [3.8, 4) is 0 Å². The number of rotatable bonds is 2. The number of para-hydroxylation sites is 1. The summed E-state index contributed by atoms with van der Waals surface area (Å²) in [4.78, 5) is 4.95. The van der Waals surface area contributed by atoms with E-state index in [1.54, 1.807) is 0 Å². The molecule has 15 heavy (non-hydrogen) atoms. The highest BCUT2D eigenvalue weighted by Crippen LogP contribution is 2.26. The summed E-state index contributed by atoms with van der Waals surface area (Å²) in [6, 6.07) is 8.47. The highest BCUT2D eigenvalue weighted by atomic mass is 79.9. The summed E-state index contributed by atoms with van der Waals surface area (Å²) in [7, 11) is 0. The Bertz CT molecular complexity index is 319. The molecule has 1 aromatic carbocycles. The summed E-state index contributed by atoms with van der Waals surface area (Å²) >= 11 is 3.61. The van der Waals surface area contributed by atoms with Gasteiger partial charge in [-0.1, -0.05) is 19.1 Å². The quantitative estimate of drug-likeness (QED) is 0.814. The third-order valence-electron chi connectivity index (χ3n) is 3.01. The third-order valence-corrected chi connectivity index (χ3v) is 3.68. The highest BCUT2D eigenvalue weighted by Gasteiger charge is 2.16. The minimum Gasteiger partial charge on any atom is -0.368 e. The first-order valence-electron chi connectivity index (χ1n) is 5.53. The number of anilines is 1. The molecule has 82 valence electrons. The summed E-state index contributed by atoms with van der Waals surface area (Å²) in [5, 5.41) is 0. The number of halogens is 1. The largest absolute Gasteiger partial charge is 0.368 e. The van der Waals surface area contributed by atoms with E-state index in [0.717, 1.165) is 13.1 Å². The lowest BCUT2D eigenvalue weighted by Crippen LogP contribution is -2.46. The Kier molecular flexibility index (Phi) is 3.65. The van der Waals surface area contributed by atoms with Crippen molar-refractivity contribution in [1.82, 2.24) is 4.90 Å². The molecule has 1 fully saturated rings. The molecule has 0 unspecified atom stereocenters. The summed E-state index contributed by atoms with van der Waals surface area (Å²) in [6.07, 6.45) is 0. The van der Waals surface area contributed by atoms with E-state index < -0.39 is 0 Å². The van der Waals surface area contributed by atoms with Gasteiger partial charge in [-0.2, -0.15) is 0 Å². The molecule has 0 aromatic heterocycles. The van der Waals surface area contributed by atoms with Crippen molar-refractivity contribution >= 4 is 21.6 Å². The number of benzene rings is 1.